The van der Waals surface area contributed by atoms with Crippen LogP contribution in [0.4, 0.5) is 5.69 Å². The van der Waals surface area contributed by atoms with Gasteiger partial charge in [-0.05, 0) is 22.9 Å². The molecule has 1 N–H and O–H groups in total. The number of hydrogen-bond donors (Lipinski definition) is 1. The molecule has 0 spiro atoms. The highest BCUT2D eigenvalue weighted by Gasteiger charge is 2.12. The number of nitrogens with zero attached hydrogens (tertiary/aromatic N) is 5. The number of nitrogens with one attached hydrogen (secondary N) is 1. The third kappa shape index (κ3) is 4.79. The molecular weight excluding hydrogens is 356 g/mol. The Morgan fingerprint density at radius 3 is 2.54 bits per heavy atom. The smallest absolute Gasteiger partial charge is 0.248 e. The van der Waals surface area contributed by atoms with E-state index in [0.29, 0.717) is 5.82 Å². The Hall–Kier alpha value is -3.10. The van der Waals surface area contributed by atoms with Crippen LogP contribution in [-0.2, 0) is 22.6 Å². The number of carbonyl (C=O) groups is 1. The number of carbonyl (C=O) groups excluding carboxylic acids is 1. The van der Waals surface area contributed by atoms with Gasteiger partial charge in [-0.15, -0.1) is 10.2 Å². The van der Waals surface area contributed by atoms with Gasteiger partial charge in [0.1, 0.15) is 6.54 Å². The van der Waals surface area contributed by atoms with E-state index in [-0.39, 0.29) is 12.5 Å². The summed E-state index contributed by atoms with van der Waals surface area (Å²) in [6.07, 6.45) is 0. The molecule has 0 atom stereocenters. The van der Waals surface area contributed by atoms with E-state index in [1.165, 1.54) is 10.4 Å². The van der Waals surface area contributed by atoms with E-state index in [9.17, 15) is 4.79 Å². The quantitative estimate of drug-likeness (QED) is 0.704. The van der Waals surface area contributed by atoms with E-state index in [4.69, 9.17) is 4.74 Å². The fourth-order valence-electron chi connectivity index (χ4n) is 3.05. The first kappa shape index (κ1) is 18.3. The number of amides is 1. The van der Waals surface area contributed by atoms with Gasteiger partial charge in [0, 0.05) is 30.9 Å². The predicted molar refractivity (Wildman–Crippen MR) is 104 cm³/mol. The van der Waals surface area contributed by atoms with Crippen molar-refractivity contribution >= 4 is 11.6 Å². The van der Waals surface area contributed by atoms with Crippen molar-refractivity contribution in [2.75, 3.05) is 31.6 Å². The molecule has 0 unspecified atom stereocenters. The minimum absolute atomic E-state index is 0.0109. The molecule has 2 aromatic carbocycles. The maximum absolute atomic E-state index is 12.1. The van der Waals surface area contributed by atoms with Crippen LogP contribution in [0.15, 0.2) is 54.6 Å². The molecule has 4 rings (SSSR count). The van der Waals surface area contributed by atoms with Crippen LogP contribution in [-0.4, -0.2) is 57.3 Å². The first-order valence-corrected chi connectivity index (χ1v) is 9.28. The van der Waals surface area contributed by atoms with Crippen LogP contribution in [0.25, 0.3) is 11.4 Å². The van der Waals surface area contributed by atoms with Gasteiger partial charge in [0.05, 0.1) is 13.2 Å². The molecule has 1 amide bonds. The van der Waals surface area contributed by atoms with Crippen LogP contribution in [0.5, 0.6) is 0 Å². The van der Waals surface area contributed by atoms with Gasteiger partial charge in [-0.2, -0.15) is 4.80 Å². The van der Waals surface area contributed by atoms with Gasteiger partial charge < -0.3 is 10.1 Å². The number of para-hydroxylation sites is 1. The zero-order valence-electron chi connectivity index (χ0n) is 15.5. The summed E-state index contributed by atoms with van der Waals surface area (Å²) in [4.78, 5) is 15.8. The standard InChI is InChI=1S/C20H22N6O2/c27-19(21-18-4-2-1-3-5-18)15-26-23-20(22-24-26)17-8-6-16(7-9-17)14-25-10-12-28-13-11-25/h1-9H,10-15H2,(H,21,27). The molecule has 1 aliphatic rings. The molecule has 0 radical (unpaired) electrons. The highest BCUT2D eigenvalue weighted by atomic mass is 16.5. The zero-order chi connectivity index (χ0) is 19.2. The Morgan fingerprint density at radius 1 is 1.04 bits per heavy atom. The molecule has 144 valence electrons. The van der Waals surface area contributed by atoms with Crippen LogP contribution >= 0.6 is 0 Å². The van der Waals surface area contributed by atoms with E-state index in [1.807, 2.05) is 42.5 Å². The second-order valence-corrected chi connectivity index (χ2v) is 6.64. The molecule has 0 bridgehead atoms. The lowest BCUT2D eigenvalue weighted by atomic mass is 10.1. The van der Waals surface area contributed by atoms with Crippen molar-refractivity contribution in [2.45, 2.75) is 13.1 Å². The second-order valence-electron chi connectivity index (χ2n) is 6.64. The molecule has 2 heterocycles. The Bertz CT molecular complexity index is 904. The minimum Gasteiger partial charge on any atom is -0.379 e. The summed E-state index contributed by atoms with van der Waals surface area (Å²) in [7, 11) is 0. The van der Waals surface area contributed by atoms with E-state index in [2.05, 4.69) is 37.8 Å². The van der Waals surface area contributed by atoms with E-state index in [0.717, 1.165) is 44.1 Å². The summed E-state index contributed by atoms with van der Waals surface area (Å²) in [5.74, 6) is 0.307. The fourth-order valence-corrected chi connectivity index (χ4v) is 3.05. The van der Waals surface area contributed by atoms with Crippen molar-refractivity contribution < 1.29 is 9.53 Å². The SMILES string of the molecule is O=C(Cn1nnc(-c2ccc(CN3CCOCC3)cc2)n1)Nc1ccccc1. The average Bonchev–Trinajstić information content (AvgIpc) is 3.18. The number of hydrogen-bond acceptors (Lipinski definition) is 6. The Kier molecular flexibility index (Phi) is 5.69. The normalized spacial score (nSPS) is 14.7. The Balaban J connectivity index is 1.35. The van der Waals surface area contributed by atoms with Crippen LogP contribution < -0.4 is 5.32 Å². The van der Waals surface area contributed by atoms with E-state index in [1.54, 1.807) is 0 Å². The number of benzene rings is 2. The lowest BCUT2D eigenvalue weighted by Gasteiger charge is -2.26. The van der Waals surface area contributed by atoms with Gasteiger partial charge in [0.15, 0.2) is 0 Å². The summed E-state index contributed by atoms with van der Waals surface area (Å²) in [6, 6.07) is 17.4. The number of aromatic nitrogens is 4. The monoisotopic (exact) mass is 378 g/mol. The molecule has 1 aromatic heterocycles. The Labute approximate surface area is 163 Å². The molecule has 1 aliphatic heterocycles. The molecule has 1 saturated heterocycles. The minimum atomic E-state index is -0.198. The molecule has 8 heteroatoms. The van der Waals surface area contributed by atoms with Crippen molar-refractivity contribution in [3.63, 3.8) is 0 Å². The van der Waals surface area contributed by atoms with Crippen molar-refractivity contribution in [3.05, 3.63) is 60.2 Å². The van der Waals surface area contributed by atoms with Crippen molar-refractivity contribution in [3.8, 4) is 11.4 Å². The number of ether oxygens (including phenoxy) is 1. The summed E-state index contributed by atoms with van der Waals surface area (Å²) in [5, 5.41) is 15.2. The first-order chi connectivity index (χ1) is 13.8. The topological polar surface area (TPSA) is 85.2 Å². The number of rotatable bonds is 6. The van der Waals surface area contributed by atoms with Gasteiger partial charge >= 0.3 is 0 Å². The lowest BCUT2D eigenvalue weighted by molar-refractivity contribution is -0.117. The van der Waals surface area contributed by atoms with Gasteiger partial charge in [0.2, 0.25) is 11.7 Å². The maximum atomic E-state index is 12.1. The largest absolute Gasteiger partial charge is 0.379 e. The van der Waals surface area contributed by atoms with E-state index < -0.39 is 0 Å². The van der Waals surface area contributed by atoms with Crippen molar-refractivity contribution in [1.82, 2.24) is 25.1 Å². The van der Waals surface area contributed by atoms with Crippen LogP contribution in [0.3, 0.4) is 0 Å². The first-order valence-electron chi connectivity index (χ1n) is 9.28. The number of morpholine rings is 1. The summed E-state index contributed by atoms with van der Waals surface area (Å²) < 4.78 is 5.38. The highest BCUT2D eigenvalue weighted by Crippen LogP contribution is 2.16. The fraction of sp³-hybridized carbons (Fsp3) is 0.300. The molecule has 0 aliphatic carbocycles. The van der Waals surface area contributed by atoms with Gasteiger partial charge in [-0.1, -0.05) is 42.5 Å². The summed E-state index contributed by atoms with van der Waals surface area (Å²) in [6.45, 7) is 4.43. The molecular formula is C20H22N6O2. The molecule has 8 nitrogen and oxygen atoms in total. The van der Waals surface area contributed by atoms with Gasteiger partial charge in [-0.25, -0.2) is 0 Å². The predicted octanol–water partition coefficient (Wildman–Crippen LogP) is 1.81. The summed E-state index contributed by atoms with van der Waals surface area (Å²) >= 11 is 0. The molecule has 1 fully saturated rings. The van der Waals surface area contributed by atoms with Crippen LogP contribution in [0.2, 0.25) is 0 Å². The maximum Gasteiger partial charge on any atom is 0.248 e. The summed E-state index contributed by atoms with van der Waals surface area (Å²) in [5.41, 5.74) is 2.85. The van der Waals surface area contributed by atoms with Gasteiger partial charge in [-0.3, -0.25) is 9.69 Å². The highest BCUT2D eigenvalue weighted by molar-refractivity contribution is 5.90. The molecule has 3 aromatic rings. The van der Waals surface area contributed by atoms with Gasteiger partial charge in [0.25, 0.3) is 0 Å². The molecule has 0 saturated carbocycles. The zero-order valence-corrected chi connectivity index (χ0v) is 15.5. The molecule has 28 heavy (non-hydrogen) atoms. The number of tetrazole rings is 1. The van der Waals surface area contributed by atoms with Crippen LogP contribution in [0.1, 0.15) is 5.56 Å². The van der Waals surface area contributed by atoms with Crippen molar-refractivity contribution in [1.29, 1.82) is 0 Å². The third-order valence-electron chi connectivity index (χ3n) is 4.52. The average molecular weight is 378 g/mol. The van der Waals surface area contributed by atoms with E-state index >= 15 is 0 Å². The second kappa shape index (κ2) is 8.73. The number of anilines is 1. The van der Waals surface area contributed by atoms with Crippen LogP contribution in [0, 0.1) is 0 Å². The Morgan fingerprint density at radius 2 is 1.79 bits per heavy atom. The third-order valence-corrected chi connectivity index (χ3v) is 4.52. The lowest BCUT2D eigenvalue weighted by Crippen LogP contribution is -2.35. The van der Waals surface area contributed by atoms with Crippen molar-refractivity contribution in [2.24, 2.45) is 0 Å².